The molecular formula is C20H20F2N4OS. The number of amides is 1. The fraction of sp³-hybridized carbons (Fsp3) is 0.350. The van der Waals surface area contributed by atoms with E-state index in [9.17, 15) is 13.6 Å². The molecule has 0 atom stereocenters. The topological polar surface area (TPSA) is 58.1 Å². The molecule has 0 unspecified atom stereocenters. The Kier molecular flexibility index (Phi) is 4.97. The van der Waals surface area contributed by atoms with Crippen molar-refractivity contribution in [3.8, 4) is 0 Å². The van der Waals surface area contributed by atoms with Gasteiger partial charge in [0.05, 0.1) is 10.3 Å². The van der Waals surface area contributed by atoms with E-state index in [1.165, 1.54) is 23.7 Å². The van der Waals surface area contributed by atoms with E-state index in [1.54, 1.807) is 0 Å². The quantitative estimate of drug-likeness (QED) is 0.686. The maximum Gasteiger partial charge on any atom is 0.266 e. The first kappa shape index (κ1) is 18.7. The third-order valence-electron chi connectivity index (χ3n) is 5.20. The molecule has 28 heavy (non-hydrogen) atoms. The van der Waals surface area contributed by atoms with Crippen molar-refractivity contribution in [2.75, 3.05) is 23.3 Å². The van der Waals surface area contributed by atoms with Gasteiger partial charge in [0.1, 0.15) is 34.3 Å². The Balaban J connectivity index is 1.70. The number of anilines is 2. The van der Waals surface area contributed by atoms with Crippen molar-refractivity contribution >= 4 is 39.0 Å². The third-order valence-corrected chi connectivity index (χ3v) is 6.40. The van der Waals surface area contributed by atoms with E-state index in [1.807, 2.05) is 6.92 Å². The van der Waals surface area contributed by atoms with Crippen LogP contribution in [0.1, 0.15) is 35.0 Å². The molecule has 0 saturated carbocycles. The molecule has 1 saturated heterocycles. The summed E-state index contributed by atoms with van der Waals surface area (Å²) in [6.45, 7) is 5.88. The molecule has 1 aliphatic rings. The molecule has 3 heterocycles. The molecule has 1 N–H and O–H groups in total. The van der Waals surface area contributed by atoms with Crippen LogP contribution in [0, 0.1) is 24.5 Å². The van der Waals surface area contributed by atoms with Crippen LogP contribution in [0.15, 0.2) is 24.5 Å². The fourth-order valence-corrected chi connectivity index (χ4v) is 4.56. The Labute approximate surface area is 165 Å². The second kappa shape index (κ2) is 7.43. The first-order valence-electron chi connectivity index (χ1n) is 9.20. The Hall–Kier alpha value is -2.61. The predicted molar refractivity (Wildman–Crippen MR) is 107 cm³/mol. The van der Waals surface area contributed by atoms with Gasteiger partial charge in [-0.15, -0.1) is 11.3 Å². The van der Waals surface area contributed by atoms with Gasteiger partial charge >= 0.3 is 0 Å². The monoisotopic (exact) mass is 402 g/mol. The molecular weight excluding hydrogens is 382 g/mol. The number of nitrogens with zero attached hydrogens (tertiary/aromatic N) is 3. The van der Waals surface area contributed by atoms with Crippen LogP contribution < -0.4 is 10.2 Å². The van der Waals surface area contributed by atoms with Gasteiger partial charge in [-0.05, 0) is 43.4 Å². The van der Waals surface area contributed by atoms with E-state index in [4.69, 9.17) is 0 Å². The van der Waals surface area contributed by atoms with Crippen LogP contribution in [-0.4, -0.2) is 29.0 Å². The van der Waals surface area contributed by atoms with Crippen molar-refractivity contribution in [3.63, 3.8) is 0 Å². The molecule has 8 heteroatoms. The molecule has 0 bridgehead atoms. The maximum absolute atomic E-state index is 13.9. The van der Waals surface area contributed by atoms with Gasteiger partial charge in [0, 0.05) is 13.1 Å². The number of hydrogen-bond donors (Lipinski definition) is 1. The smallest absolute Gasteiger partial charge is 0.266 e. The Bertz CT molecular complexity index is 1020. The van der Waals surface area contributed by atoms with E-state index < -0.39 is 23.2 Å². The van der Waals surface area contributed by atoms with Gasteiger partial charge in [-0.1, -0.05) is 13.0 Å². The summed E-state index contributed by atoms with van der Waals surface area (Å²) in [6, 6.07) is 3.47. The molecule has 0 spiro atoms. The van der Waals surface area contributed by atoms with Crippen molar-refractivity contribution in [2.45, 2.75) is 26.7 Å². The first-order chi connectivity index (χ1) is 13.5. The highest BCUT2D eigenvalue weighted by molar-refractivity contribution is 7.20. The number of carbonyl (C=O) groups is 1. The number of hydrogen-bond acceptors (Lipinski definition) is 5. The summed E-state index contributed by atoms with van der Waals surface area (Å²) in [5, 5.41) is 3.20. The first-order valence-corrected chi connectivity index (χ1v) is 10.0. The Morgan fingerprint density at radius 1 is 1.21 bits per heavy atom. The summed E-state index contributed by atoms with van der Waals surface area (Å²) in [4.78, 5) is 24.8. The lowest BCUT2D eigenvalue weighted by Gasteiger charge is -2.31. The summed E-state index contributed by atoms with van der Waals surface area (Å²) in [7, 11) is 0. The molecule has 1 amide bonds. The SMILES string of the molecule is Cc1c(C(=O)Nc2c(F)cccc2F)sc2ncnc(N3CCC(C)CC3)c12. The summed E-state index contributed by atoms with van der Waals surface area (Å²) in [5.41, 5.74) is 0.282. The summed E-state index contributed by atoms with van der Waals surface area (Å²) >= 11 is 1.21. The molecule has 1 aliphatic heterocycles. The normalized spacial score (nSPS) is 15.2. The molecule has 0 aliphatic carbocycles. The number of benzene rings is 1. The standard InChI is InChI=1S/C20H20F2N4OS/c1-11-6-8-26(9-7-11)18-15-12(2)17(28-20(15)24-10-23-18)19(27)25-16-13(21)4-3-5-14(16)22/h3-5,10-11H,6-9H2,1-2H3,(H,25,27). The number of carbonyl (C=O) groups excluding carboxylic acids is 1. The third kappa shape index (κ3) is 3.32. The lowest BCUT2D eigenvalue weighted by atomic mass is 9.99. The number of para-hydroxylation sites is 1. The molecule has 1 fully saturated rings. The zero-order valence-corrected chi connectivity index (χ0v) is 16.4. The second-order valence-electron chi connectivity index (χ2n) is 7.15. The lowest BCUT2D eigenvalue weighted by molar-refractivity contribution is 0.102. The van der Waals surface area contributed by atoms with Crippen LogP contribution in [0.25, 0.3) is 10.2 Å². The average Bonchev–Trinajstić information content (AvgIpc) is 3.02. The highest BCUT2D eigenvalue weighted by Crippen LogP contribution is 2.36. The van der Waals surface area contributed by atoms with Gasteiger partial charge in [-0.2, -0.15) is 0 Å². The van der Waals surface area contributed by atoms with Crippen LogP contribution in [0.5, 0.6) is 0 Å². The highest BCUT2D eigenvalue weighted by Gasteiger charge is 2.25. The largest absolute Gasteiger partial charge is 0.356 e. The predicted octanol–water partition coefficient (Wildman–Crippen LogP) is 4.77. The van der Waals surface area contributed by atoms with Gasteiger partial charge in [-0.25, -0.2) is 18.7 Å². The van der Waals surface area contributed by atoms with E-state index >= 15 is 0 Å². The van der Waals surface area contributed by atoms with Crippen molar-refractivity contribution in [1.29, 1.82) is 0 Å². The van der Waals surface area contributed by atoms with Crippen LogP contribution in [0.3, 0.4) is 0 Å². The van der Waals surface area contributed by atoms with E-state index in [0.717, 1.165) is 54.8 Å². The van der Waals surface area contributed by atoms with Gasteiger partial charge in [0.2, 0.25) is 0 Å². The van der Waals surface area contributed by atoms with E-state index in [2.05, 4.69) is 27.1 Å². The number of rotatable bonds is 3. The molecule has 0 radical (unpaired) electrons. The molecule has 4 rings (SSSR count). The number of aryl methyl sites for hydroxylation is 1. The van der Waals surface area contributed by atoms with E-state index in [-0.39, 0.29) is 0 Å². The van der Waals surface area contributed by atoms with Crippen LogP contribution >= 0.6 is 11.3 Å². The minimum absolute atomic E-state index is 0.379. The lowest BCUT2D eigenvalue weighted by Crippen LogP contribution is -2.33. The molecule has 1 aromatic carbocycles. The number of aromatic nitrogens is 2. The number of piperidine rings is 1. The van der Waals surface area contributed by atoms with Crippen LogP contribution in [0.2, 0.25) is 0 Å². The van der Waals surface area contributed by atoms with Crippen LogP contribution in [0.4, 0.5) is 20.3 Å². The zero-order chi connectivity index (χ0) is 19.8. The summed E-state index contributed by atoms with van der Waals surface area (Å²) in [6.07, 6.45) is 3.69. The highest BCUT2D eigenvalue weighted by atomic mass is 32.1. The number of nitrogens with one attached hydrogen (secondary N) is 1. The second-order valence-corrected chi connectivity index (χ2v) is 8.15. The van der Waals surface area contributed by atoms with E-state index in [0.29, 0.717) is 15.6 Å². The van der Waals surface area contributed by atoms with Gasteiger partial charge in [-0.3, -0.25) is 4.79 Å². The zero-order valence-electron chi connectivity index (χ0n) is 15.6. The average molecular weight is 402 g/mol. The summed E-state index contributed by atoms with van der Waals surface area (Å²) < 4.78 is 27.8. The van der Waals surface area contributed by atoms with Gasteiger partial charge in [0.15, 0.2) is 0 Å². The molecule has 2 aromatic heterocycles. The fourth-order valence-electron chi connectivity index (χ4n) is 3.52. The Morgan fingerprint density at radius 2 is 1.89 bits per heavy atom. The number of thiophene rings is 1. The van der Waals surface area contributed by atoms with Gasteiger partial charge in [0.25, 0.3) is 5.91 Å². The minimum atomic E-state index is -0.810. The number of fused-ring (bicyclic) bond motifs is 1. The molecule has 5 nitrogen and oxygen atoms in total. The van der Waals surface area contributed by atoms with Crippen molar-refractivity contribution in [3.05, 3.63) is 46.6 Å². The summed E-state index contributed by atoms with van der Waals surface area (Å²) in [5.74, 6) is -0.663. The van der Waals surface area contributed by atoms with Crippen LogP contribution in [-0.2, 0) is 0 Å². The maximum atomic E-state index is 13.9. The number of halogens is 2. The van der Waals surface area contributed by atoms with Crippen molar-refractivity contribution < 1.29 is 13.6 Å². The van der Waals surface area contributed by atoms with Gasteiger partial charge < -0.3 is 10.2 Å². The van der Waals surface area contributed by atoms with Crippen molar-refractivity contribution in [1.82, 2.24) is 9.97 Å². The minimum Gasteiger partial charge on any atom is -0.356 e. The Morgan fingerprint density at radius 3 is 2.57 bits per heavy atom. The molecule has 146 valence electrons. The van der Waals surface area contributed by atoms with Crippen molar-refractivity contribution in [2.24, 2.45) is 5.92 Å². The molecule has 3 aromatic rings.